The number of nitrogens with zero attached hydrogens (tertiary/aromatic N) is 1. The Balaban J connectivity index is 2.33. The van der Waals surface area contributed by atoms with Crippen molar-refractivity contribution in [2.45, 2.75) is 0 Å². The Morgan fingerprint density at radius 3 is 2.63 bits per heavy atom. The van der Waals surface area contributed by atoms with Gasteiger partial charge in [-0.3, -0.25) is 4.79 Å². The second-order valence-electron chi connectivity index (χ2n) is 4.12. The number of amides is 1. The van der Waals surface area contributed by atoms with Gasteiger partial charge in [0.1, 0.15) is 5.75 Å². The van der Waals surface area contributed by atoms with Crippen LogP contribution >= 0.6 is 11.6 Å². The van der Waals surface area contributed by atoms with Gasteiger partial charge in [-0.1, -0.05) is 17.7 Å². The van der Waals surface area contributed by atoms with Gasteiger partial charge < -0.3 is 15.7 Å². The fourth-order valence-electron chi connectivity index (χ4n) is 1.70. The molecular formula is C14H13ClN2O2. The van der Waals surface area contributed by atoms with E-state index in [4.69, 9.17) is 17.3 Å². The number of carbonyl (C=O) groups excluding carboxylic acids is 1. The first-order valence-corrected chi connectivity index (χ1v) is 5.99. The third-order valence-electron chi connectivity index (χ3n) is 2.75. The van der Waals surface area contributed by atoms with Crippen molar-refractivity contribution in [1.82, 2.24) is 0 Å². The molecule has 0 unspecified atom stereocenters. The molecule has 0 bridgehead atoms. The quantitative estimate of drug-likeness (QED) is 0.829. The first-order valence-electron chi connectivity index (χ1n) is 5.61. The van der Waals surface area contributed by atoms with E-state index in [0.29, 0.717) is 22.0 Å². The molecule has 0 heterocycles. The van der Waals surface area contributed by atoms with Gasteiger partial charge in [-0.2, -0.15) is 0 Å². The van der Waals surface area contributed by atoms with Gasteiger partial charge in [0.25, 0.3) is 5.91 Å². The van der Waals surface area contributed by atoms with Crippen LogP contribution in [0, 0.1) is 0 Å². The molecule has 2 rings (SSSR count). The number of rotatable bonds is 2. The monoisotopic (exact) mass is 276 g/mol. The summed E-state index contributed by atoms with van der Waals surface area (Å²) in [6.07, 6.45) is 0. The van der Waals surface area contributed by atoms with Gasteiger partial charge >= 0.3 is 0 Å². The fourth-order valence-corrected chi connectivity index (χ4v) is 1.97. The maximum Gasteiger partial charge on any atom is 0.259 e. The van der Waals surface area contributed by atoms with Crippen LogP contribution < -0.4 is 10.6 Å². The molecule has 0 radical (unpaired) electrons. The van der Waals surface area contributed by atoms with E-state index < -0.39 is 0 Å². The first kappa shape index (κ1) is 13.2. The number of phenols is 1. The van der Waals surface area contributed by atoms with Crippen LogP contribution in [0.15, 0.2) is 42.5 Å². The number of hydrogen-bond donors (Lipinski definition) is 2. The molecule has 3 N–H and O–H groups in total. The molecule has 0 saturated carbocycles. The molecule has 98 valence electrons. The lowest BCUT2D eigenvalue weighted by atomic mass is 10.1. The number of aromatic hydroxyl groups is 1. The van der Waals surface area contributed by atoms with E-state index in [9.17, 15) is 9.90 Å². The van der Waals surface area contributed by atoms with E-state index in [2.05, 4.69) is 0 Å². The lowest BCUT2D eigenvalue weighted by Crippen LogP contribution is -2.26. The molecule has 5 heteroatoms. The van der Waals surface area contributed by atoms with Crippen molar-refractivity contribution in [3.8, 4) is 5.75 Å². The number of carbonyl (C=O) groups is 1. The summed E-state index contributed by atoms with van der Waals surface area (Å²) in [7, 11) is 1.61. The number of benzene rings is 2. The Kier molecular flexibility index (Phi) is 3.62. The summed E-state index contributed by atoms with van der Waals surface area (Å²) in [6.45, 7) is 0. The molecule has 2 aromatic rings. The lowest BCUT2D eigenvalue weighted by Gasteiger charge is -2.18. The van der Waals surface area contributed by atoms with Crippen molar-refractivity contribution < 1.29 is 9.90 Å². The molecule has 0 spiro atoms. The number of phenolic OH excluding ortho intramolecular Hbond substituents is 1. The SMILES string of the molecule is CN(C(=O)c1ccc(N)cc1Cl)c1cccc(O)c1. The van der Waals surface area contributed by atoms with Crippen LogP contribution in [0.5, 0.6) is 5.75 Å². The second-order valence-corrected chi connectivity index (χ2v) is 4.53. The fraction of sp³-hybridized carbons (Fsp3) is 0.0714. The number of nitrogens with two attached hydrogens (primary N) is 1. The molecule has 1 amide bonds. The molecule has 2 aromatic carbocycles. The van der Waals surface area contributed by atoms with Crippen LogP contribution in [0.4, 0.5) is 11.4 Å². The van der Waals surface area contributed by atoms with Crippen LogP contribution in [0.25, 0.3) is 0 Å². The maximum absolute atomic E-state index is 12.3. The zero-order valence-corrected chi connectivity index (χ0v) is 11.1. The highest BCUT2D eigenvalue weighted by Gasteiger charge is 2.16. The normalized spacial score (nSPS) is 10.2. The molecular weight excluding hydrogens is 264 g/mol. The van der Waals surface area contributed by atoms with Crippen molar-refractivity contribution >= 4 is 28.9 Å². The van der Waals surface area contributed by atoms with Gasteiger partial charge in [-0.05, 0) is 30.3 Å². The van der Waals surface area contributed by atoms with Crippen LogP contribution in [0.3, 0.4) is 0 Å². The summed E-state index contributed by atoms with van der Waals surface area (Å²) in [5.74, 6) is -0.170. The Bertz CT molecular complexity index is 629. The lowest BCUT2D eigenvalue weighted by molar-refractivity contribution is 0.0993. The zero-order chi connectivity index (χ0) is 14.0. The summed E-state index contributed by atoms with van der Waals surface area (Å²) in [4.78, 5) is 13.7. The number of halogens is 1. The maximum atomic E-state index is 12.3. The van der Waals surface area contributed by atoms with E-state index in [0.717, 1.165) is 0 Å². The average Bonchev–Trinajstić information content (AvgIpc) is 2.37. The number of anilines is 2. The van der Waals surface area contributed by atoms with Crippen molar-refractivity contribution in [1.29, 1.82) is 0 Å². The van der Waals surface area contributed by atoms with Crippen molar-refractivity contribution in [2.24, 2.45) is 0 Å². The standard InChI is InChI=1S/C14H13ClN2O2/c1-17(10-3-2-4-11(18)8-10)14(19)12-6-5-9(16)7-13(12)15/h2-8,18H,16H2,1H3. The first-order chi connectivity index (χ1) is 8.99. The highest BCUT2D eigenvalue weighted by Crippen LogP contribution is 2.24. The predicted molar refractivity (Wildman–Crippen MR) is 76.7 cm³/mol. The van der Waals surface area contributed by atoms with Crippen LogP contribution in [-0.4, -0.2) is 18.1 Å². The van der Waals surface area contributed by atoms with E-state index >= 15 is 0 Å². The summed E-state index contributed by atoms with van der Waals surface area (Å²) in [6, 6.07) is 11.2. The highest BCUT2D eigenvalue weighted by molar-refractivity contribution is 6.34. The van der Waals surface area contributed by atoms with Crippen molar-refractivity contribution in [3.63, 3.8) is 0 Å². The van der Waals surface area contributed by atoms with Gasteiger partial charge in [-0.15, -0.1) is 0 Å². The summed E-state index contributed by atoms with van der Waals surface area (Å²) in [5, 5.41) is 9.73. The van der Waals surface area contributed by atoms with Gasteiger partial charge in [-0.25, -0.2) is 0 Å². The molecule has 0 saturated heterocycles. The van der Waals surface area contributed by atoms with Gasteiger partial charge in [0.2, 0.25) is 0 Å². The van der Waals surface area contributed by atoms with Crippen molar-refractivity contribution in [3.05, 3.63) is 53.1 Å². The van der Waals surface area contributed by atoms with Gasteiger partial charge in [0.05, 0.1) is 10.6 Å². The van der Waals surface area contributed by atoms with Gasteiger partial charge in [0.15, 0.2) is 0 Å². The topological polar surface area (TPSA) is 66.6 Å². The molecule has 0 aromatic heterocycles. The molecule has 19 heavy (non-hydrogen) atoms. The summed E-state index contributed by atoms with van der Waals surface area (Å²) in [5.41, 5.74) is 7.04. The molecule has 0 aliphatic carbocycles. The minimum Gasteiger partial charge on any atom is -0.508 e. The third-order valence-corrected chi connectivity index (χ3v) is 3.06. The van der Waals surface area contributed by atoms with Crippen LogP contribution in [0.1, 0.15) is 10.4 Å². The molecule has 0 atom stereocenters. The minimum atomic E-state index is -0.268. The van der Waals surface area contributed by atoms with E-state index in [1.165, 1.54) is 23.1 Å². The summed E-state index contributed by atoms with van der Waals surface area (Å²) < 4.78 is 0. The number of nitrogen functional groups attached to an aromatic ring is 1. The van der Waals surface area contributed by atoms with Crippen LogP contribution in [0.2, 0.25) is 5.02 Å². The molecule has 0 aliphatic heterocycles. The molecule has 0 aliphatic rings. The van der Waals surface area contributed by atoms with E-state index in [-0.39, 0.29) is 11.7 Å². The smallest absolute Gasteiger partial charge is 0.259 e. The Morgan fingerprint density at radius 1 is 1.26 bits per heavy atom. The minimum absolute atomic E-state index is 0.0977. The Labute approximate surface area is 116 Å². The molecule has 0 fully saturated rings. The molecule has 4 nitrogen and oxygen atoms in total. The van der Waals surface area contributed by atoms with E-state index in [1.807, 2.05) is 0 Å². The third kappa shape index (κ3) is 2.80. The largest absolute Gasteiger partial charge is 0.508 e. The zero-order valence-electron chi connectivity index (χ0n) is 10.3. The van der Waals surface area contributed by atoms with E-state index in [1.54, 1.807) is 31.3 Å². The predicted octanol–water partition coefficient (Wildman–Crippen LogP) is 2.90. The van der Waals surface area contributed by atoms with Crippen molar-refractivity contribution in [2.75, 3.05) is 17.7 Å². The average molecular weight is 277 g/mol. The number of hydrogen-bond acceptors (Lipinski definition) is 3. The second kappa shape index (κ2) is 5.20. The Hall–Kier alpha value is -2.20. The summed E-state index contributed by atoms with van der Waals surface area (Å²) >= 11 is 6.01. The Morgan fingerprint density at radius 2 is 2.00 bits per heavy atom. The van der Waals surface area contributed by atoms with Gasteiger partial charge in [0, 0.05) is 24.5 Å². The highest BCUT2D eigenvalue weighted by atomic mass is 35.5. The van der Waals surface area contributed by atoms with Crippen LogP contribution in [-0.2, 0) is 0 Å².